The van der Waals surface area contributed by atoms with Crippen molar-refractivity contribution in [2.45, 2.75) is 45.6 Å². The van der Waals surface area contributed by atoms with Gasteiger partial charge in [-0.25, -0.2) is 0 Å². The van der Waals surface area contributed by atoms with Crippen molar-refractivity contribution in [2.75, 3.05) is 13.7 Å². The van der Waals surface area contributed by atoms with Gasteiger partial charge >= 0.3 is 0 Å². The van der Waals surface area contributed by atoms with Crippen LogP contribution in [0.3, 0.4) is 0 Å². The average molecular weight is 236 g/mol. The summed E-state index contributed by atoms with van der Waals surface area (Å²) in [6.45, 7) is 9.20. The van der Waals surface area contributed by atoms with E-state index in [-0.39, 0.29) is 5.60 Å². The molecule has 0 fully saturated rings. The molecule has 0 aliphatic carbocycles. The predicted octanol–water partition coefficient (Wildman–Crippen LogP) is 4.00. The van der Waals surface area contributed by atoms with E-state index in [0.29, 0.717) is 12.5 Å². The van der Waals surface area contributed by atoms with Gasteiger partial charge in [0, 0.05) is 13.5 Å². The zero-order valence-electron chi connectivity index (χ0n) is 11.6. The zero-order chi connectivity index (χ0) is 12.9. The molecule has 0 heterocycles. The molecule has 0 unspecified atom stereocenters. The van der Waals surface area contributed by atoms with Crippen LogP contribution in [0.4, 0.5) is 0 Å². The third-order valence-corrected chi connectivity index (χ3v) is 3.07. The molecule has 0 spiro atoms. The van der Waals surface area contributed by atoms with E-state index in [0.717, 1.165) is 12.2 Å². The fourth-order valence-electron chi connectivity index (χ4n) is 1.47. The van der Waals surface area contributed by atoms with Gasteiger partial charge < -0.3 is 9.47 Å². The average Bonchev–Trinajstić information content (AvgIpc) is 2.29. The summed E-state index contributed by atoms with van der Waals surface area (Å²) >= 11 is 0. The van der Waals surface area contributed by atoms with E-state index in [2.05, 4.69) is 39.8 Å². The van der Waals surface area contributed by atoms with E-state index in [4.69, 9.17) is 9.47 Å². The first kappa shape index (κ1) is 14.0. The molecule has 0 radical (unpaired) electrons. The summed E-state index contributed by atoms with van der Waals surface area (Å²) in [5.74, 6) is 1.50. The maximum absolute atomic E-state index is 5.70. The summed E-state index contributed by atoms with van der Waals surface area (Å²) in [5, 5.41) is 0. The minimum absolute atomic E-state index is 0.113. The lowest BCUT2D eigenvalue weighted by molar-refractivity contribution is 0.00545. The lowest BCUT2D eigenvalue weighted by Gasteiger charge is -2.22. The molecule has 0 aliphatic heterocycles. The number of methoxy groups -OCH3 is 1. The Morgan fingerprint density at radius 1 is 1.12 bits per heavy atom. The normalized spacial score (nSPS) is 11.9. The van der Waals surface area contributed by atoms with Crippen LogP contribution in [0.1, 0.15) is 45.6 Å². The third-order valence-electron chi connectivity index (χ3n) is 3.07. The molecule has 0 saturated carbocycles. The highest BCUT2D eigenvalue weighted by atomic mass is 16.5. The van der Waals surface area contributed by atoms with Gasteiger partial charge in [0.15, 0.2) is 0 Å². The van der Waals surface area contributed by atoms with Crippen molar-refractivity contribution in [1.29, 1.82) is 0 Å². The summed E-state index contributed by atoms with van der Waals surface area (Å²) < 4.78 is 11.0. The van der Waals surface area contributed by atoms with Crippen molar-refractivity contribution in [3.63, 3.8) is 0 Å². The maximum atomic E-state index is 5.70. The summed E-state index contributed by atoms with van der Waals surface area (Å²) in [7, 11) is 1.73. The molecule has 0 aliphatic rings. The predicted molar refractivity (Wildman–Crippen MR) is 71.7 cm³/mol. The number of ether oxygens (including phenoxy) is 2. The highest BCUT2D eigenvalue weighted by molar-refractivity contribution is 5.28. The Morgan fingerprint density at radius 3 is 2.18 bits per heavy atom. The Balaban J connectivity index is 2.42. The SMILES string of the molecule is COC(C)(C)CCOc1ccc(C(C)C)cc1. The van der Waals surface area contributed by atoms with Crippen molar-refractivity contribution in [3.05, 3.63) is 29.8 Å². The number of hydrogen-bond donors (Lipinski definition) is 0. The number of benzene rings is 1. The second kappa shape index (κ2) is 6.06. The van der Waals surface area contributed by atoms with Crippen LogP contribution in [0.2, 0.25) is 0 Å². The molecule has 2 heteroatoms. The van der Waals surface area contributed by atoms with E-state index in [1.54, 1.807) is 7.11 Å². The lowest BCUT2D eigenvalue weighted by Crippen LogP contribution is -2.25. The molecule has 0 aromatic heterocycles. The lowest BCUT2D eigenvalue weighted by atomic mass is 10.0. The van der Waals surface area contributed by atoms with E-state index in [9.17, 15) is 0 Å². The summed E-state index contributed by atoms with van der Waals surface area (Å²) in [5.41, 5.74) is 1.23. The molecule has 0 saturated heterocycles. The Bertz CT molecular complexity index is 325. The van der Waals surface area contributed by atoms with Gasteiger partial charge in [-0.2, -0.15) is 0 Å². The van der Waals surface area contributed by atoms with E-state index >= 15 is 0 Å². The van der Waals surface area contributed by atoms with Crippen molar-refractivity contribution in [2.24, 2.45) is 0 Å². The molecule has 0 bridgehead atoms. The molecule has 1 rings (SSSR count). The number of rotatable bonds is 6. The maximum Gasteiger partial charge on any atom is 0.119 e. The zero-order valence-corrected chi connectivity index (χ0v) is 11.6. The summed E-state index contributed by atoms with van der Waals surface area (Å²) in [6.07, 6.45) is 0.884. The van der Waals surface area contributed by atoms with Crippen molar-refractivity contribution < 1.29 is 9.47 Å². The molecule has 17 heavy (non-hydrogen) atoms. The highest BCUT2D eigenvalue weighted by Crippen LogP contribution is 2.19. The molecule has 0 atom stereocenters. The van der Waals surface area contributed by atoms with Crippen LogP contribution in [-0.2, 0) is 4.74 Å². The number of hydrogen-bond acceptors (Lipinski definition) is 2. The largest absolute Gasteiger partial charge is 0.493 e. The first-order valence-electron chi connectivity index (χ1n) is 6.22. The fraction of sp³-hybridized carbons (Fsp3) is 0.600. The molecule has 1 aromatic carbocycles. The van der Waals surface area contributed by atoms with Crippen LogP contribution in [0.5, 0.6) is 5.75 Å². The molecule has 1 aromatic rings. The van der Waals surface area contributed by atoms with Crippen LogP contribution in [0.15, 0.2) is 24.3 Å². The molecule has 0 amide bonds. The fourth-order valence-corrected chi connectivity index (χ4v) is 1.47. The highest BCUT2D eigenvalue weighted by Gasteiger charge is 2.15. The van der Waals surface area contributed by atoms with E-state index in [1.165, 1.54) is 5.56 Å². The van der Waals surface area contributed by atoms with Crippen molar-refractivity contribution in [1.82, 2.24) is 0 Å². The quantitative estimate of drug-likeness (QED) is 0.743. The van der Waals surface area contributed by atoms with Crippen LogP contribution in [-0.4, -0.2) is 19.3 Å². The van der Waals surface area contributed by atoms with Crippen LogP contribution >= 0.6 is 0 Å². The molecule has 0 N–H and O–H groups in total. The third kappa shape index (κ3) is 4.78. The molecule has 2 nitrogen and oxygen atoms in total. The molecular formula is C15H24O2. The van der Waals surface area contributed by atoms with Gasteiger partial charge in [0.1, 0.15) is 5.75 Å². The Morgan fingerprint density at radius 2 is 1.71 bits per heavy atom. The minimum Gasteiger partial charge on any atom is -0.493 e. The molecular weight excluding hydrogens is 212 g/mol. The van der Waals surface area contributed by atoms with Crippen LogP contribution in [0.25, 0.3) is 0 Å². The van der Waals surface area contributed by atoms with Gasteiger partial charge in [0.05, 0.1) is 12.2 Å². The Kier molecular flexibility index (Phi) is 5.01. The second-order valence-corrected chi connectivity index (χ2v) is 5.29. The van der Waals surface area contributed by atoms with Crippen LogP contribution in [0, 0.1) is 0 Å². The summed E-state index contributed by atoms with van der Waals surface area (Å²) in [4.78, 5) is 0. The smallest absolute Gasteiger partial charge is 0.119 e. The minimum atomic E-state index is -0.113. The second-order valence-electron chi connectivity index (χ2n) is 5.29. The van der Waals surface area contributed by atoms with Crippen molar-refractivity contribution >= 4 is 0 Å². The van der Waals surface area contributed by atoms with E-state index < -0.39 is 0 Å². The topological polar surface area (TPSA) is 18.5 Å². The molecule has 96 valence electrons. The Hall–Kier alpha value is -1.02. The van der Waals surface area contributed by atoms with Gasteiger partial charge in [0.25, 0.3) is 0 Å². The van der Waals surface area contributed by atoms with Gasteiger partial charge in [-0.15, -0.1) is 0 Å². The van der Waals surface area contributed by atoms with E-state index in [1.807, 2.05) is 12.1 Å². The van der Waals surface area contributed by atoms with Crippen LogP contribution < -0.4 is 4.74 Å². The summed E-state index contributed by atoms with van der Waals surface area (Å²) in [6, 6.07) is 8.33. The van der Waals surface area contributed by atoms with Crippen molar-refractivity contribution in [3.8, 4) is 5.75 Å². The van der Waals surface area contributed by atoms with Gasteiger partial charge in [-0.05, 0) is 37.5 Å². The first-order chi connectivity index (χ1) is 7.94. The Labute approximate surface area is 105 Å². The standard InChI is InChI=1S/C15H24O2/c1-12(2)13-6-8-14(9-7-13)17-11-10-15(3,4)16-5/h6-9,12H,10-11H2,1-5H3. The first-order valence-corrected chi connectivity index (χ1v) is 6.22. The monoisotopic (exact) mass is 236 g/mol. The van der Waals surface area contributed by atoms with Gasteiger partial charge in [-0.1, -0.05) is 26.0 Å². The van der Waals surface area contributed by atoms with Gasteiger partial charge in [-0.3, -0.25) is 0 Å². The van der Waals surface area contributed by atoms with Gasteiger partial charge in [0.2, 0.25) is 0 Å².